The number of urea groups is 1. The summed E-state index contributed by atoms with van der Waals surface area (Å²) in [5, 5.41) is 5.50. The molecular weight excluding hydrogens is 320 g/mol. The topological polar surface area (TPSA) is 68.8 Å². The number of hydrogen-bond acceptors (Lipinski definition) is 4. The maximum atomic E-state index is 11.9. The average Bonchev–Trinajstić information content (AvgIpc) is 2.60. The highest BCUT2D eigenvalue weighted by Crippen LogP contribution is 2.18. The molecule has 0 aliphatic rings. The maximum Gasteiger partial charge on any atom is 0.319 e. The molecule has 0 spiro atoms. The van der Waals surface area contributed by atoms with Gasteiger partial charge in [0.15, 0.2) is 0 Å². The molecular formula is C19H24N2O4. The lowest BCUT2D eigenvalue weighted by atomic mass is 10.3. The first-order valence-corrected chi connectivity index (χ1v) is 8.15. The van der Waals surface area contributed by atoms with Crippen LogP contribution in [0.2, 0.25) is 0 Å². The average molecular weight is 344 g/mol. The Morgan fingerprint density at radius 2 is 1.76 bits per heavy atom. The Morgan fingerprint density at radius 3 is 2.44 bits per heavy atom. The van der Waals surface area contributed by atoms with Crippen molar-refractivity contribution in [1.29, 1.82) is 0 Å². The first kappa shape index (κ1) is 18.4. The number of carbonyl (C=O) groups excluding carboxylic acids is 1. The van der Waals surface area contributed by atoms with Crippen LogP contribution in [0.5, 0.6) is 17.2 Å². The molecule has 2 rings (SSSR count). The third kappa shape index (κ3) is 6.63. The van der Waals surface area contributed by atoms with E-state index in [9.17, 15) is 4.79 Å². The second kappa shape index (κ2) is 9.42. The monoisotopic (exact) mass is 344 g/mol. The van der Waals surface area contributed by atoms with E-state index >= 15 is 0 Å². The molecule has 0 saturated carbocycles. The first-order valence-electron chi connectivity index (χ1n) is 8.15. The van der Waals surface area contributed by atoms with Crippen LogP contribution in [0.25, 0.3) is 0 Å². The van der Waals surface area contributed by atoms with Crippen molar-refractivity contribution in [2.24, 2.45) is 0 Å². The van der Waals surface area contributed by atoms with Gasteiger partial charge in [-0.1, -0.05) is 6.07 Å². The number of benzene rings is 2. The number of hydrogen-bond donors (Lipinski definition) is 2. The largest absolute Gasteiger partial charge is 0.497 e. The van der Waals surface area contributed by atoms with Crippen molar-refractivity contribution in [3.8, 4) is 17.2 Å². The SMILES string of the molecule is COc1cccc(OCCNC(=O)Nc2ccc(OC(C)C)cc2)c1. The van der Waals surface area contributed by atoms with Crippen LogP contribution in [0.4, 0.5) is 10.5 Å². The van der Waals surface area contributed by atoms with Crippen LogP contribution in [-0.4, -0.2) is 32.4 Å². The predicted octanol–water partition coefficient (Wildman–Crippen LogP) is 3.68. The zero-order chi connectivity index (χ0) is 18.1. The quantitative estimate of drug-likeness (QED) is 0.717. The highest BCUT2D eigenvalue weighted by molar-refractivity contribution is 5.89. The number of anilines is 1. The molecule has 0 aliphatic heterocycles. The highest BCUT2D eigenvalue weighted by atomic mass is 16.5. The minimum atomic E-state index is -0.285. The molecule has 0 atom stereocenters. The van der Waals surface area contributed by atoms with Gasteiger partial charge in [-0.3, -0.25) is 0 Å². The molecule has 2 N–H and O–H groups in total. The van der Waals surface area contributed by atoms with E-state index in [-0.39, 0.29) is 12.1 Å². The lowest BCUT2D eigenvalue weighted by Crippen LogP contribution is -2.32. The van der Waals surface area contributed by atoms with E-state index in [0.29, 0.717) is 24.6 Å². The van der Waals surface area contributed by atoms with E-state index in [1.807, 2.05) is 44.2 Å². The zero-order valence-electron chi connectivity index (χ0n) is 14.7. The Kier molecular flexibility index (Phi) is 6.95. The summed E-state index contributed by atoms with van der Waals surface area (Å²) in [6.07, 6.45) is 0.117. The Hall–Kier alpha value is -2.89. The van der Waals surface area contributed by atoms with Crippen LogP contribution in [-0.2, 0) is 0 Å². The Bertz CT molecular complexity index is 671. The van der Waals surface area contributed by atoms with Gasteiger partial charge in [0, 0.05) is 11.8 Å². The Morgan fingerprint density at radius 1 is 1.04 bits per heavy atom. The van der Waals surface area contributed by atoms with Gasteiger partial charge in [0.1, 0.15) is 23.9 Å². The van der Waals surface area contributed by atoms with E-state index in [2.05, 4.69) is 10.6 Å². The smallest absolute Gasteiger partial charge is 0.319 e. The van der Waals surface area contributed by atoms with Gasteiger partial charge in [0.05, 0.1) is 19.8 Å². The molecule has 2 aromatic carbocycles. The fourth-order valence-electron chi connectivity index (χ4n) is 2.09. The summed E-state index contributed by atoms with van der Waals surface area (Å²) in [4.78, 5) is 11.9. The summed E-state index contributed by atoms with van der Waals surface area (Å²) in [5.41, 5.74) is 0.697. The first-order chi connectivity index (χ1) is 12.1. The number of methoxy groups -OCH3 is 1. The second-order valence-corrected chi connectivity index (χ2v) is 5.60. The molecule has 2 amide bonds. The van der Waals surface area contributed by atoms with Crippen molar-refractivity contribution < 1.29 is 19.0 Å². The molecule has 6 heteroatoms. The molecule has 0 aliphatic carbocycles. The van der Waals surface area contributed by atoms with Gasteiger partial charge >= 0.3 is 6.03 Å². The Balaban J connectivity index is 1.69. The van der Waals surface area contributed by atoms with Gasteiger partial charge < -0.3 is 24.8 Å². The van der Waals surface area contributed by atoms with Crippen LogP contribution in [0.1, 0.15) is 13.8 Å². The normalized spacial score (nSPS) is 10.2. The fourth-order valence-corrected chi connectivity index (χ4v) is 2.09. The molecule has 0 unspecified atom stereocenters. The number of ether oxygens (including phenoxy) is 3. The van der Waals surface area contributed by atoms with Crippen molar-refractivity contribution in [2.75, 3.05) is 25.6 Å². The second-order valence-electron chi connectivity index (χ2n) is 5.60. The molecule has 134 valence electrons. The van der Waals surface area contributed by atoms with Crippen LogP contribution in [0.15, 0.2) is 48.5 Å². The van der Waals surface area contributed by atoms with Gasteiger partial charge in [-0.05, 0) is 50.2 Å². The molecule has 2 aromatic rings. The molecule has 0 fully saturated rings. The Labute approximate surface area is 148 Å². The van der Waals surface area contributed by atoms with Crippen molar-refractivity contribution in [3.63, 3.8) is 0 Å². The van der Waals surface area contributed by atoms with Crippen LogP contribution in [0, 0.1) is 0 Å². The van der Waals surface area contributed by atoms with Gasteiger partial charge in [-0.2, -0.15) is 0 Å². The standard InChI is InChI=1S/C19H24N2O4/c1-14(2)25-16-9-7-15(8-10-16)21-19(22)20-11-12-24-18-6-4-5-17(13-18)23-3/h4-10,13-14H,11-12H2,1-3H3,(H2,20,21,22). The summed E-state index contributed by atoms with van der Waals surface area (Å²) in [6, 6.07) is 14.3. The van der Waals surface area contributed by atoms with Crippen LogP contribution in [0.3, 0.4) is 0 Å². The van der Waals surface area contributed by atoms with Crippen molar-refractivity contribution in [2.45, 2.75) is 20.0 Å². The fraction of sp³-hybridized carbons (Fsp3) is 0.316. The molecule has 0 aromatic heterocycles. The number of nitrogens with one attached hydrogen (secondary N) is 2. The molecule has 0 heterocycles. The third-order valence-corrected chi connectivity index (χ3v) is 3.18. The summed E-state index contributed by atoms with van der Waals surface area (Å²) >= 11 is 0. The van der Waals surface area contributed by atoms with Crippen molar-refractivity contribution in [3.05, 3.63) is 48.5 Å². The van der Waals surface area contributed by atoms with Gasteiger partial charge in [-0.15, -0.1) is 0 Å². The molecule has 0 radical (unpaired) electrons. The van der Waals surface area contributed by atoms with Gasteiger partial charge in [-0.25, -0.2) is 4.79 Å². The number of rotatable bonds is 8. The van der Waals surface area contributed by atoms with E-state index in [1.165, 1.54) is 0 Å². The van der Waals surface area contributed by atoms with Gasteiger partial charge in [0.25, 0.3) is 0 Å². The van der Waals surface area contributed by atoms with E-state index in [1.54, 1.807) is 25.3 Å². The summed E-state index contributed by atoms with van der Waals surface area (Å²) in [6.45, 7) is 4.68. The third-order valence-electron chi connectivity index (χ3n) is 3.18. The van der Waals surface area contributed by atoms with E-state index in [4.69, 9.17) is 14.2 Å². The highest BCUT2D eigenvalue weighted by Gasteiger charge is 2.03. The minimum absolute atomic E-state index is 0.117. The number of carbonyl (C=O) groups is 1. The maximum absolute atomic E-state index is 11.9. The van der Waals surface area contributed by atoms with Crippen LogP contribution >= 0.6 is 0 Å². The molecule has 0 saturated heterocycles. The molecule has 0 bridgehead atoms. The van der Waals surface area contributed by atoms with E-state index in [0.717, 1.165) is 11.5 Å². The van der Waals surface area contributed by atoms with Crippen molar-refractivity contribution >= 4 is 11.7 Å². The lowest BCUT2D eigenvalue weighted by Gasteiger charge is -2.11. The summed E-state index contributed by atoms with van der Waals surface area (Å²) in [7, 11) is 1.60. The van der Waals surface area contributed by atoms with Gasteiger partial charge in [0.2, 0.25) is 0 Å². The summed E-state index contributed by atoms with van der Waals surface area (Å²) in [5.74, 6) is 2.20. The minimum Gasteiger partial charge on any atom is -0.497 e. The number of amides is 2. The van der Waals surface area contributed by atoms with E-state index < -0.39 is 0 Å². The van der Waals surface area contributed by atoms with Crippen molar-refractivity contribution in [1.82, 2.24) is 5.32 Å². The summed E-state index contributed by atoms with van der Waals surface area (Å²) < 4.78 is 16.2. The predicted molar refractivity (Wildman–Crippen MR) is 97.7 cm³/mol. The molecule has 25 heavy (non-hydrogen) atoms. The zero-order valence-corrected chi connectivity index (χ0v) is 14.7. The lowest BCUT2D eigenvalue weighted by molar-refractivity contribution is 0.242. The van der Waals surface area contributed by atoms with Crippen LogP contribution < -0.4 is 24.8 Å². The molecule has 6 nitrogen and oxygen atoms in total.